The first-order valence-electron chi connectivity index (χ1n) is 6.33. The number of nitrogens with zero attached hydrogens (tertiary/aromatic N) is 1. The van der Waals surface area contributed by atoms with Crippen LogP contribution in [0.2, 0.25) is 0 Å². The molecule has 2 unspecified atom stereocenters. The van der Waals surface area contributed by atoms with Crippen LogP contribution in [-0.4, -0.2) is 24.0 Å². The highest BCUT2D eigenvalue weighted by molar-refractivity contribution is 4.92. The maximum atomic E-state index is 2.77. The summed E-state index contributed by atoms with van der Waals surface area (Å²) in [4.78, 5) is 2.77. The van der Waals surface area contributed by atoms with Gasteiger partial charge in [-0.2, -0.15) is 0 Å². The smallest absolute Gasteiger partial charge is 0.0128 e. The number of fused-ring (bicyclic) bond motifs is 1. The molecule has 82 valence electrons. The van der Waals surface area contributed by atoms with Gasteiger partial charge in [0, 0.05) is 6.04 Å². The number of hydrogen-bond acceptors (Lipinski definition) is 1. The molecule has 2 saturated heterocycles. The van der Waals surface area contributed by atoms with E-state index < -0.39 is 0 Å². The second-order valence-electron chi connectivity index (χ2n) is 6.21. The van der Waals surface area contributed by atoms with E-state index in [0.29, 0.717) is 5.41 Å². The summed E-state index contributed by atoms with van der Waals surface area (Å²) in [7, 11) is 0. The van der Waals surface area contributed by atoms with Crippen molar-refractivity contribution in [2.24, 2.45) is 11.3 Å². The van der Waals surface area contributed by atoms with Gasteiger partial charge in [0.2, 0.25) is 0 Å². The van der Waals surface area contributed by atoms with E-state index in [-0.39, 0.29) is 0 Å². The minimum atomic E-state index is 0.515. The minimum Gasteiger partial charge on any atom is -0.300 e. The Labute approximate surface area is 88.9 Å². The Kier molecular flexibility index (Phi) is 2.88. The summed E-state index contributed by atoms with van der Waals surface area (Å²) in [6.07, 6.45) is 7.26. The second-order valence-corrected chi connectivity index (χ2v) is 6.21. The van der Waals surface area contributed by atoms with Crippen LogP contribution in [0.1, 0.15) is 52.9 Å². The van der Waals surface area contributed by atoms with Crippen LogP contribution >= 0.6 is 0 Å². The van der Waals surface area contributed by atoms with Crippen molar-refractivity contribution >= 4 is 0 Å². The van der Waals surface area contributed by atoms with Gasteiger partial charge in [-0.15, -0.1) is 0 Å². The Morgan fingerprint density at radius 3 is 2.36 bits per heavy atom. The van der Waals surface area contributed by atoms with Crippen molar-refractivity contribution < 1.29 is 0 Å². The van der Waals surface area contributed by atoms with Gasteiger partial charge in [-0.3, -0.25) is 0 Å². The number of rotatable bonds is 0. The normalized spacial score (nSPS) is 35.4. The molecule has 0 radical (unpaired) electrons. The summed E-state index contributed by atoms with van der Waals surface area (Å²) in [5, 5.41) is 0. The largest absolute Gasteiger partial charge is 0.300 e. The van der Waals surface area contributed by atoms with Gasteiger partial charge in [-0.25, -0.2) is 0 Å². The van der Waals surface area contributed by atoms with Gasteiger partial charge >= 0.3 is 0 Å². The zero-order valence-electron chi connectivity index (χ0n) is 10.1. The van der Waals surface area contributed by atoms with Crippen LogP contribution in [0, 0.1) is 11.3 Å². The summed E-state index contributed by atoms with van der Waals surface area (Å²) >= 11 is 0. The Morgan fingerprint density at radius 2 is 1.64 bits per heavy atom. The molecule has 2 fully saturated rings. The molecule has 0 bridgehead atoms. The molecule has 2 aliphatic rings. The maximum Gasteiger partial charge on any atom is 0.0128 e. The fourth-order valence-electron chi connectivity index (χ4n) is 3.47. The molecule has 2 aliphatic heterocycles. The minimum absolute atomic E-state index is 0.515. The number of piperidine rings is 2. The molecule has 2 heterocycles. The Bertz CT molecular complexity index is 190. The first-order valence-corrected chi connectivity index (χ1v) is 6.33. The van der Waals surface area contributed by atoms with Gasteiger partial charge in [0.15, 0.2) is 0 Å². The van der Waals surface area contributed by atoms with E-state index in [4.69, 9.17) is 0 Å². The SMILES string of the molecule is CC(C)(C)C1CCCN2CCCCC12. The third-order valence-electron chi connectivity index (χ3n) is 4.20. The highest BCUT2D eigenvalue weighted by atomic mass is 15.2. The molecule has 0 saturated carbocycles. The highest BCUT2D eigenvalue weighted by Gasteiger charge is 2.38. The van der Waals surface area contributed by atoms with E-state index in [0.717, 1.165) is 12.0 Å². The zero-order chi connectivity index (χ0) is 10.2. The monoisotopic (exact) mass is 195 g/mol. The average molecular weight is 195 g/mol. The molecule has 2 rings (SSSR count). The molecule has 0 N–H and O–H groups in total. The van der Waals surface area contributed by atoms with Crippen molar-refractivity contribution in [2.75, 3.05) is 13.1 Å². The Hall–Kier alpha value is -0.0400. The fourth-order valence-corrected chi connectivity index (χ4v) is 3.47. The van der Waals surface area contributed by atoms with Crippen LogP contribution in [0.4, 0.5) is 0 Å². The van der Waals surface area contributed by atoms with E-state index in [9.17, 15) is 0 Å². The van der Waals surface area contributed by atoms with Crippen LogP contribution in [0.15, 0.2) is 0 Å². The van der Waals surface area contributed by atoms with Crippen LogP contribution in [0.25, 0.3) is 0 Å². The first-order chi connectivity index (χ1) is 6.59. The Morgan fingerprint density at radius 1 is 0.929 bits per heavy atom. The van der Waals surface area contributed by atoms with E-state index >= 15 is 0 Å². The fraction of sp³-hybridized carbons (Fsp3) is 1.00. The molecular weight excluding hydrogens is 170 g/mol. The zero-order valence-corrected chi connectivity index (χ0v) is 10.1. The predicted molar refractivity (Wildman–Crippen MR) is 61.4 cm³/mol. The molecule has 1 nitrogen and oxygen atoms in total. The first kappa shape index (κ1) is 10.5. The summed E-state index contributed by atoms with van der Waals surface area (Å²) in [5.41, 5.74) is 0.515. The lowest BCUT2D eigenvalue weighted by Gasteiger charge is -2.49. The molecule has 0 spiro atoms. The van der Waals surface area contributed by atoms with Crippen molar-refractivity contribution in [3.63, 3.8) is 0 Å². The third-order valence-corrected chi connectivity index (χ3v) is 4.20. The van der Waals surface area contributed by atoms with Crippen LogP contribution in [0.3, 0.4) is 0 Å². The molecule has 0 aromatic carbocycles. The van der Waals surface area contributed by atoms with Gasteiger partial charge in [-0.05, 0) is 50.1 Å². The molecule has 0 amide bonds. The second kappa shape index (κ2) is 3.84. The lowest BCUT2D eigenvalue weighted by atomic mass is 9.69. The Balaban J connectivity index is 2.09. The maximum absolute atomic E-state index is 2.77. The molecule has 0 aromatic rings. The predicted octanol–water partition coefficient (Wildman–Crippen LogP) is 3.30. The van der Waals surface area contributed by atoms with Gasteiger partial charge < -0.3 is 4.90 Å². The summed E-state index contributed by atoms with van der Waals surface area (Å²) < 4.78 is 0. The summed E-state index contributed by atoms with van der Waals surface area (Å²) in [5.74, 6) is 0.941. The topological polar surface area (TPSA) is 3.24 Å². The van der Waals surface area contributed by atoms with Crippen LogP contribution in [0.5, 0.6) is 0 Å². The van der Waals surface area contributed by atoms with E-state index in [1.165, 1.54) is 45.2 Å². The van der Waals surface area contributed by atoms with Crippen molar-refractivity contribution in [1.82, 2.24) is 4.90 Å². The average Bonchev–Trinajstić information content (AvgIpc) is 2.15. The van der Waals surface area contributed by atoms with Gasteiger partial charge in [-0.1, -0.05) is 27.2 Å². The lowest BCUT2D eigenvalue weighted by molar-refractivity contribution is 0.00850. The molecule has 2 atom stereocenters. The molecular formula is C13H25N. The van der Waals surface area contributed by atoms with Gasteiger partial charge in [0.05, 0.1) is 0 Å². The van der Waals surface area contributed by atoms with Crippen LogP contribution < -0.4 is 0 Å². The van der Waals surface area contributed by atoms with Crippen molar-refractivity contribution in [3.8, 4) is 0 Å². The van der Waals surface area contributed by atoms with E-state index in [1.807, 2.05) is 0 Å². The van der Waals surface area contributed by atoms with E-state index in [1.54, 1.807) is 0 Å². The quantitative estimate of drug-likeness (QED) is 0.573. The number of hydrogen-bond donors (Lipinski definition) is 0. The molecule has 0 aromatic heterocycles. The van der Waals surface area contributed by atoms with Crippen LogP contribution in [-0.2, 0) is 0 Å². The summed E-state index contributed by atoms with van der Waals surface area (Å²) in [6, 6.07) is 0.914. The van der Waals surface area contributed by atoms with Gasteiger partial charge in [0.1, 0.15) is 0 Å². The highest BCUT2D eigenvalue weighted by Crippen LogP contribution is 2.40. The molecule has 14 heavy (non-hydrogen) atoms. The summed E-state index contributed by atoms with van der Waals surface area (Å²) in [6.45, 7) is 10.0. The lowest BCUT2D eigenvalue weighted by Crippen LogP contribution is -2.51. The molecule has 1 heteroatoms. The van der Waals surface area contributed by atoms with Gasteiger partial charge in [0.25, 0.3) is 0 Å². The van der Waals surface area contributed by atoms with Crippen molar-refractivity contribution in [3.05, 3.63) is 0 Å². The third kappa shape index (κ3) is 1.98. The standard InChI is InChI=1S/C13H25N/c1-13(2,3)11-7-6-10-14-9-5-4-8-12(11)14/h11-12H,4-10H2,1-3H3. The molecule has 0 aliphatic carbocycles. The van der Waals surface area contributed by atoms with Crippen molar-refractivity contribution in [1.29, 1.82) is 0 Å². The van der Waals surface area contributed by atoms with E-state index in [2.05, 4.69) is 25.7 Å². The van der Waals surface area contributed by atoms with Crippen molar-refractivity contribution in [2.45, 2.75) is 58.9 Å².